The summed E-state index contributed by atoms with van der Waals surface area (Å²) in [6.45, 7) is 0. The Kier molecular flexibility index (Phi) is 4.95. The van der Waals surface area contributed by atoms with E-state index in [1.165, 1.54) is 11.8 Å². The minimum Gasteiger partial charge on any atom is -0.325 e. The van der Waals surface area contributed by atoms with Crippen LogP contribution in [-0.4, -0.2) is 21.6 Å². The number of anilines is 1. The van der Waals surface area contributed by atoms with E-state index >= 15 is 0 Å². The average molecular weight is 377 g/mol. The fourth-order valence-corrected chi connectivity index (χ4v) is 4.43. The van der Waals surface area contributed by atoms with Crippen molar-refractivity contribution in [2.45, 2.75) is 5.03 Å². The quantitative estimate of drug-likeness (QED) is 0.389. The third-order valence-corrected chi connectivity index (χ3v) is 5.69. The van der Waals surface area contributed by atoms with Crippen LogP contribution in [0.25, 0.3) is 21.3 Å². The van der Waals surface area contributed by atoms with Gasteiger partial charge in [0.25, 0.3) is 0 Å². The van der Waals surface area contributed by atoms with Crippen molar-refractivity contribution in [3.63, 3.8) is 0 Å². The Balaban J connectivity index is 1.57. The number of thiophene rings is 1. The largest absolute Gasteiger partial charge is 0.325 e. The summed E-state index contributed by atoms with van der Waals surface area (Å²) < 4.78 is 0. The number of amides is 1. The lowest BCUT2D eigenvalue weighted by Gasteiger charge is -2.06. The SMILES string of the molecule is O=C(CSc1ncnc2scc(-c3ccccc3)c12)Nc1ccccc1. The van der Waals surface area contributed by atoms with Crippen molar-refractivity contribution < 1.29 is 4.79 Å². The molecule has 0 aliphatic heterocycles. The highest BCUT2D eigenvalue weighted by atomic mass is 32.2. The Morgan fingerprint density at radius 3 is 2.50 bits per heavy atom. The zero-order valence-corrected chi connectivity index (χ0v) is 15.4. The van der Waals surface area contributed by atoms with E-state index in [0.717, 1.165) is 32.1 Å². The van der Waals surface area contributed by atoms with Crippen LogP contribution in [0, 0.1) is 0 Å². The van der Waals surface area contributed by atoms with E-state index in [2.05, 4.69) is 32.8 Å². The Morgan fingerprint density at radius 2 is 1.73 bits per heavy atom. The van der Waals surface area contributed by atoms with Crippen molar-refractivity contribution in [1.29, 1.82) is 0 Å². The summed E-state index contributed by atoms with van der Waals surface area (Å²) in [7, 11) is 0. The maximum Gasteiger partial charge on any atom is 0.234 e. The molecule has 0 aliphatic carbocycles. The second kappa shape index (κ2) is 7.68. The number of rotatable bonds is 5. The molecule has 0 fully saturated rings. The molecule has 0 radical (unpaired) electrons. The summed E-state index contributed by atoms with van der Waals surface area (Å²) in [6.07, 6.45) is 1.56. The van der Waals surface area contributed by atoms with Crippen LogP contribution in [0.5, 0.6) is 0 Å². The summed E-state index contributed by atoms with van der Waals surface area (Å²) in [6, 6.07) is 19.6. The molecule has 4 aromatic rings. The second-order valence-corrected chi connectivity index (χ2v) is 7.40. The minimum absolute atomic E-state index is 0.0514. The van der Waals surface area contributed by atoms with Crippen molar-refractivity contribution in [1.82, 2.24) is 9.97 Å². The van der Waals surface area contributed by atoms with E-state index in [1.807, 2.05) is 48.5 Å². The first-order valence-corrected chi connectivity index (χ1v) is 9.93. The van der Waals surface area contributed by atoms with Gasteiger partial charge in [-0.25, -0.2) is 9.97 Å². The lowest BCUT2D eigenvalue weighted by atomic mass is 10.1. The van der Waals surface area contributed by atoms with Crippen molar-refractivity contribution in [2.75, 3.05) is 11.1 Å². The Morgan fingerprint density at radius 1 is 1.00 bits per heavy atom. The number of hydrogen-bond donors (Lipinski definition) is 1. The fourth-order valence-electron chi connectivity index (χ4n) is 2.64. The van der Waals surface area contributed by atoms with Crippen LogP contribution in [0.4, 0.5) is 5.69 Å². The van der Waals surface area contributed by atoms with Gasteiger partial charge in [0, 0.05) is 16.6 Å². The lowest BCUT2D eigenvalue weighted by Crippen LogP contribution is -2.13. The smallest absolute Gasteiger partial charge is 0.234 e. The van der Waals surface area contributed by atoms with Gasteiger partial charge in [0.15, 0.2) is 0 Å². The fraction of sp³-hybridized carbons (Fsp3) is 0.0500. The van der Waals surface area contributed by atoms with Gasteiger partial charge >= 0.3 is 0 Å². The van der Waals surface area contributed by atoms with Crippen LogP contribution in [0.2, 0.25) is 0 Å². The summed E-state index contributed by atoms with van der Waals surface area (Å²) in [5.41, 5.74) is 3.03. The first kappa shape index (κ1) is 16.8. The summed E-state index contributed by atoms with van der Waals surface area (Å²) in [4.78, 5) is 22.0. The second-order valence-electron chi connectivity index (χ2n) is 5.58. The molecule has 0 saturated carbocycles. The van der Waals surface area contributed by atoms with E-state index in [9.17, 15) is 4.79 Å². The predicted molar refractivity (Wildman–Crippen MR) is 109 cm³/mol. The van der Waals surface area contributed by atoms with Gasteiger partial charge in [-0.2, -0.15) is 0 Å². The zero-order chi connectivity index (χ0) is 17.8. The summed E-state index contributed by atoms with van der Waals surface area (Å²) in [5.74, 6) is 0.245. The summed E-state index contributed by atoms with van der Waals surface area (Å²) >= 11 is 3.03. The van der Waals surface area contributed by atoms with Crippen LogP contribution in [0.15, 0.2) is 77.4 Å². The van der Waals surface area contributed by atoms with Crippen molar-refractivity contribution in [2.24, 2.45) is 0 Å². The molecular formula is C20H15N3OS2. The zero-order valence-electron chi connectivity index (χ0n) is 13.8. The lowest BCUT2D eigenvalue weighted by molar-refractivity contribution is -0.113. The highest BCUT2D eigenvalue weighted by Crippen LogP contribution is 2.37. The van der Waals surface area contributed by atoms with Gasteiger partial charge in [0.2, 0.25) is 5.91 Å². The van der Waals surface area contributed by atoms with Gasteiger partial charge in [-0.05, 0) is 17.7 Å². The highest BCUT2D eigenvalue weighted by molar-refractivity contribution is 8.00. The molecule has 0 bridgehead atoms. The number of thioether (sulfide) groups is 1. The van der Waals surface area contributed by atoms with Crippen LogP contribution in [-0.2, 0) is 4.79 Å². The van der Waals surface area contributed by atoms with Crippen molar-refractivity contribution in [3.8, 4) is 11.1 Å². The monoisotopic (exact) mass is 377 g/mol. The highest BCUT2D eigenvalue weighted by Gasteiger charge is 2.14. The number of aromatic nitrogens is 2. The topological polar surface area (TPSA) is 54.9 Å². The third-order valence-electron chi connectivity index (χ3n) is 3.82. The first-order valence-electron chi connectivity index (χ1n) is 8.06. The van der Waals surface area contributed by atoms with E-state index < -0.39 is 0 Å². The molecule has 6 heteroatoms. The van der Waals surface area contributed by atoms with Crippen LogP contribution >= 0.6 is 23.1 Å². The molecule has 0 aliphatic rings. The summed E-state index contributed by atoms with van der Waals surface area (Å²) in [5, 5.41) is 6.85. The maximum atomic E-state index is 12.2. The number of fused-ring (bicyclic) bond motifs is 1. The minimum atomic E-state index is -0.0514. The van der Waals surface area contributed by atoms with Crippen molar-refractivity contribution in [3.05, 3.63) is 72.4 Å². The number of carbonyl (C=O) groups is 1. The van der Waals surface area contributed by atoms with Gasteiger partial charge in [-0.3, -0.25) is 4.79 Å². The number of hydrogen-bond acceptors (Lipinski definition) is 5. The van der Waals surface area contributed by atoms with Crippen LogP contribution in [0.3, 0.4) is 0 Å². The van der Waals surface area contributed by atoms with Crippen LogP contribution < -0.4 is 5.32 Å². The molecule has 4 rings (SSSR count). The molecule has 26 heavy (non-hydrogen) atoms. The standard InChI is InChI=1S/C20H15N3OS2/c24-17(23-15-9-5-2-6-10-15)12-26-20-18-16(14-7-3-1-4-8-14)11-25-19(18)21-13-22-20/h1-11,13H,12H2,(H,23,24). The normalized spacial score (nSPS) is 10.8. The molecule has 1 N–H and O–H groups in total. The number of benzene rings is 2. The van der Waals surface area contributed by atoms with E-state index in [1.54, 1.807) is 17.7 Å². The first-order chi connectivity index (χ1) is 12.8. The Bertz CT molecular complexity index is 1030. The molecule has 4 nitrogen and oxygen atoms in total. The molecule has 2 aromatic carbocycles. The number of nitrogens with zero attached hydrogens (tertiary/aromatic N) is 2. The molecule has 0 saturated heterocycles. The molecule has 0 unspecified atom stereocenters. The van der Waals surface area contributed by atoms with Crippen LogP contribution in [0.1, 0.15) is 0 Å². The van der Waals surface area contributed by atoms with Gasteiger partial charge in [-0.15, -0.1) is 11.3 Å². The van der Waals surface area contributed by atoms with Crippen molar-refractivity contribution >= 4 is 44.9 Å². The Labute approximate surface area is 159 Å². The predicted octanol–water partition coefficient (Wildman–Crippen LogP) is 5.09. The molecule has 2 aromatic heterocycles. The molecule has 2 heterocycles. The molecular weight excluding hydrogens is 362 g/mol. The van der Waals surface area contributed by atoms with E-state index in [4.69, 9.17) is 0 Å². The number of para-hydroxylation sites is 1. The van der Waals surface area contributed by atoms with Gasteiger partial charge in [0.1, 0.15) is 16.2 Å². The molecule has 0 spiro atoms. The Hall–Kier alpha value is -2.70. The maximum absolute atomic E-state index is 12.2. The molecule has 128 valence electrons. The third kappa shape index (κ3) is 3.61. The van der Waals surface area contributed by atoms with Gasteiger partial charge in [0.05, 0.1) is 11.1 Å². The van der Waals surface area contributed by atoms with Gasteiger partial charge < -0.3 is 5.32 Å². The average Bonchev–Trinajstić information content (AvgIpc) is 3.13. The van der Waals surface area contributed by atoms with E-state index in [0.29, 0.717) is 5.75 Å². The van der Waals surface area contributed by atoms with Gasteiger partial charge in [-0.1, -0.05) is 60.3 Å². The number of carbonyl (C=O) groups excluding carboxylic acids is 1. The molecule has 1 amide bonds. The molecule has 0 atom stereocenters. The number of nitrogens with one attached hydrogen (secondary N) is 1. The van der Waals surface area contributed by atoms with E-state index in [-0.39, 0.29) is 5.91 Å².